The minimum atomic E-state index is -0.290. The smallest absolute Gasteiger partial charge is 0.213 e. The highest BCUT2D eigenvalue weighted by atomic mass is 16.3. The van der Waals surface area contributed by atoms with E-state index in [0.717, 1.165) is 0 Å². The van der Waals surface area contributed by atoms with Gasteiger partial charge in [0.25, 0.3) is 0 Å². The minimum absolute atomic E-state index is 0.188. The number of carbonyl (C=O) groups is 1. The summed E-state index contributed by atoms with van der Waals surface area (Å²) in [5, 5.41) is 27.4. The Bertz CT molecular complexity index is 965. The number of phenols is 2. The number of rotatable bonds is 5. The number of carbonyl (C=O) groups excluding carboxylic acids is 1. The van der Waals surface area contributed by atoms with E-state index in [2.05, 4.69) is 10.2 Å². The number of hydrogen-bond donors (Lipinski definition) is 2. The normalized spacial score (nSPS) is 11.6. The highest BCUT2D eigenvalue weighted by molar-refractivity contribution is 6.51. The van der Waals surface area contributed by atoms with Crippen LogP contribution in [0.15, 0.2) is 89.1 Å². The highest BCUT2D eigenvalue weighted by Gasteiger charge is 2.16. The molecule has 128 valence electrons. The first-order chi connectivity index (χ1) is 12.7. The SMILES string of the molecule is O=C(/C(=N/N=C\c1cccc(O)c1O)c1ccccc1)c1ccccc1. The first kappa shape index (κ1) is 17.1. The van der Waals surface area contributed by atoms with E-state index in [9.17, 15) is 15.0 Å². The fraction of sp³-hybridized carbons (Fsp3) is 0. The van der Waals surface area contributed by atoms with E-state index in [1.807, 2.05) is 24.3 Å². The van der Waals surface area contributed by atoms with Crippen LogP contribution in [0.1, 0.15) is 21.5 Å². The molecule has 0 aromatic heterocycles. The van der Waals surface area contributed by atoms with E-state index < -0.39 is 0 Å². The Morgan fingerprint density at radius 3 is 2.04 bits per heavy atom. The van der Waals surface area contributed by atoms with Crippen molar-refractivity contribution < 1.29 is 15.0 Å². The molecule has 0 aliphatic heterocycles. The van der Waals surface area contributed by atoms with Crippen molar-refractivity contribution in [3.05, 3.63) is 95.6 Å². The van der Waals surface area contributed by atoms with Crippen LogP contribution in [-0.4, -0.2) is 27.9 Å². The number of hydrogen-bond acceptors (Lipinski definition) is 5. The van der Waals surface area contributed by atoms with Crippen LogP contribution < -0.4 is 0 Å². The van der Waals surface area contributed by atoms with Gasteiger partial charge < -0.3 is 10.2 Å². The fourth-order valence-electron chi connectivity index (χ4n) is 2.36. The van der Waals surface area contributed by atoms with Crippen LogP contribution in [0.25, 0.3) is 0 Å². The van der Waals surface area contributed by atoms with E-state index in [1.165, 1.54) is 12.3 Å². The first-order valence-corrected chi connectivity index (χ1v) is 7.94. The second-order valence-electron chi connectivity index (χ2n) is 5.47. The molecule has 0 aliphatic rings. The summed E-state index contributed by atoms with van der Waals surface area (Å²) in [5.74, 6) is -0.794. The molecule has 0 amide bonds. The lowest BCUT2D eigenvalue weighted by atomic mass is 10.0. The number of para-hydroxylation sites is 1. The summed E-state index contributed by atoms with van der Waals surface area (Å²) in [6.45, 7) is 0. The Labute approximate surface area is 150 Å². The van der Waals surface area contributed by atoms with Crippen LogP contribution in [0.5, 0.6) is 11.5 Å². The third-order valence-corrected chi connectivity index (χ3v) is 3.70. The maximum atomic E-state index is 12.8. The number of phenolic OH excluding ortho intramolecular Hbond substituents is 2. The molecule has 0 saturated heterocycles. The Hall–Kier alpha value is -3.73. The highest BCUT2D eigenvalue weighted by Crippen LogP contribution is 2.26. The van der Waals surface area contributed by atoms with Gasteiger partial charge in [0.05, 0.1) is 6.21 Å². The molecule has 5 heteroatoms. The average Bonchev–Trinajstić information content (AvgIpc) is 2.69. The largest absolute Gasteiger partial charge is 0.504 e. The van der Waals surface area contributed by atoms with Gasteiger partial charge in [-0.05, 0) is 12.1 Å². The second-order valence-corrected chi connectivity index (χ2v) is 5.47. The molecule has 5 nitrogen and oxygen atoms in total. The predicted octanol–water partition coefficient (Wildman–Crippen LogP) is 3.80. The van der Waals surface area contributed by atoms with Crippen molar-refractivity contribution in [3.63, 3.8) is 0 Å². The lowest BCUT2D eigenvalue weighted by Crippen LogP contribution is -2.15. The Kier molecular flexibility index (Phi) is 5.19. The molecule has 0 bridgehead atoms. The van der Waals surface area contributed by atoms with Gasteiger partial charge in [-0.1, -0.05) is 66.7 Å². The molecule has 0 atom stereocenters. The summed E-state index contributed by atoms with van der Waals surface area (Å²) in [6.07, 6.45) is 1.29. The van der Waals surface area contributed by atoms with Gasteiger partial charge in [0.2, 0.25) is 5.78 Å². The molecule has 0 unspecified atom stereocenters. The number of benzene rings is 3. The van der Waals surface area contributed by atoms with Gasteiger partial charge in [0, 0.05) is 16.7 Å². The molecule has 3 aromatic carbocycles. The van der Waals surface area contributed by atoms with E-state index in [-0.39, 0.29) is 23.0 Å². The molecule has 0 saturated carbocycles. The van der Waals surface area contributed by atoms with Crippen LogP contribution >= 0.6 is 0 Å². The summed E-state index contributed by atoms with van der Waals surface area (Å²) in [4.78, 5) is 12.8. The number of nitrogens with zero attached hydrogens (tertiary/aromatic N) is 2. The zero-order valence-electron chi connectivity index (χ0n) is 13.8. The van der Waals surface area contributed by atoms with Crippen LogP contribution in [0.2, 0.25) is 0 Å². The van der Waals surface area contributed by atoms with Gasteiger partial charge in [-0.25, -0.2) is 0 Å². The van der Waals surface area contributed by atoms with Crippen molar-refractivity contribution in [1.29, 1.82) is 0 Å². The zero-order valence-corrected chi connectivity index (χ0v) is 13.8. The van der Waals surface area contributed by atoms with E-state index in [4.69, 9.17) is 0 Å². The summed E-state index contributed by atoms with van der Waals surface area (Å²) >= 11 is 0. The Morgan fingerprint density at radius 1 is 0.769 bits per heavy atom. The third-order valence-electron chi connectivity index (χ3n) is 3.70. The molecule has 0 heterocycles. The van der Waals surface area contributed by atoms with E-state index in [1.54, 1.807) is 48.5 Å². The second kappa shape index (κ2) is 7.90. The van der Waals surface area contributed by atoms with Crippen molar-refractivity contribution in [2.45, 2.75) is 0 Å². The van der Waals surface area contributed by atoms with Gasteiger partial charge in [0.1, 0.15) is 5.71 Å². The molecule has 3 aromatic rings. The van der Waals surface area contributed by atoms with Crippen molar-refractivity contribution in [3.8, 4) is 11.5 Å². The van der Waals surface area contributed by atoms with Crippen molar-refractivity contribution >= 4 is 17.7 Å². The van der Waals surface area contributed by atoms with E-state index in [0.29, 0.717) is 16.7 Å². The molecule has 0 spiro atoms. The number of aromatic hydroxyl groups is 2. The molecule has 26 heavy (non-hydrogen) atoms. The molecular weight excluding hydrogens is 328 g/mol. The Morgan fingerprint density at radius 2 is 1.38 bits per heavy atom. The molecular formula is C21H16N2O3. The predicted molar refractivity (Wildman–Crippen MR) is 101 cm³/mol. The standard InChI is InChI=1S/C21H16N2O3/c24-18-13-7-12-17(20(18)25)14-22-23-19(15-8-3-1-4-9-15)21(26)16-10-5-2-6-11-16/h1-14,24-25H/b22-14-,23-19+. The zero-order chi connectivity index (χ0) is 18.4. The van der Waals surface area contributed by atoms with Crippen molar-refractivity contribution in [2.24, 2.45) is 10.2 Å². The van der Waals surface area contributed by atoms with Gasteiger partial charge in [-0.2, -0.15) is 5.10 Å². The molecule has 0 fully saturated rings. The maximum absolute atomic E-state index is 12.8. The maximum Gasteiger partial charge on any atom is 0.213 e. The topological polar surface area (TPSA) is 82.2 Å². The monoisotopic (exact) mass is 344 g/mol. The summed E-state index contributed by atoms with van der Waals surface area (Å²) in [6, 6.07) is 22.4. The summed E-state index contributed by atoms with van der Waals surface area (Å²) in [7, 11) is 0. The third kappa shape index (κ3) is 3.84. The van der Waals surface area contributed by atoms with Crippen LogP contribution in [0.3, 0.4) is 0 Å². The van der Waals surface area contributed by atoms with Gasteiger partial charge in [-0.3, -0.25) is 4.79 Å². The van der Waals surface area contributed by atoms with E-state index >= 15 is 0 Å². The molecule has 0 radical (unpaired) electrons. The molecule has 2 N–H and O–H groups in total. The number of ketones is 1. The fourth-order valence-corrected chi connectivity index (χ4v) is 2.36. The van der Waals surface area contributed by atoms with Gasteiger partial charge >= 0.3 is 0 Å². The lowest BCUT2D eigenvalue weighted by molar-refractivity contribution is 0.106. The van der Waals surface area contributed by atoms with Gasteiger partial charge in [0.15, 0.2) is 11.5 Å². The minimum Gasteiger partial charge on any atom is -0.504 e. The lowest BCUT2D eigenvalue weighted by Gasteiger charge is -2.04. The average molecular weight is 344 g/mol. The first-order valence-electron chi connectivity index (χ1n) is 7.94. The van der Waals surface area contributed by atoms with Crippen LogP contribution in [0.4, 0.5) is 0 Å². The van der Waals surface area contributed by atoms with Crippen molar-refractivity contribution in [1.82, 2.24) is 0 Å². The van der Waals surface area contributed by atoms with Crippen molar-refractivity contribution in [2.75, 3.05) is 0 Å². The molecule has 3 rings (SSSR count). The van der Waals surface area contributed by atoms with Gasteiger partial charge in [-0.15, -0.1) is 5.10 Å². The van der Waals surface area contributed by atoms with Crippen LogP contribution in [-0.2, 0) is 0 Å². The summed E-state index contributed by atoms with van der Waals surface area (Å²) < 4.78 is 0. The van der Waals surface area contributed by atoms with Crippen LogP contribution in [0, 0.1) is 0 Å². The quantitative estimate of drug-likeness (QED) is 0.320. The summed E-state index contributed by atoms with van der Waals surface area (Å²) in [5.41, 5.74) is 1.63. The number of Topliss-reactive ketones (excluding diaryl/α,β-unsaturated/α-hetero) is 1. The Balaban J connectivity index is 1.98. The molecule has 0 aliphatic carbocycles.